The summed E-state index contributed by atoms with van der Waals surface area (Å²) in [5.41, 5.74) is 11.8. The van der Waals surface area contributed by atoms with Gasteiger partial charge in [-0.05, 0) is 72.7 Å². The number of benzene rings is 3. The van der Waals surface area contributed by atoms with E-state index < -0.39 is 0 Å². The zero-order valence-corrected chi connectivity index (χ0v) is 29.3. The Kier molecular flexibility index (Phi) is 8.65. The van der Waals surface area contributed by atoms with Crippen LogP contribution in [-0.4, -0.2) is 19.5 Å². The molecule has 7 aromatic rings. The fourth-order valence-corrected chi connectivity index (χ4v) is 7.00. The number of rotatable bonds is 4. The summed E-state index contributed by atoms with van der Waals surface area (Å²) in [7, 11) is 0. The van der Waals surface area contributed by atoms with Crippen LogP contribution in [0, 0.1) is 25.0 Å². The SMILES string of the molecule is CC(C)C1=Cc2cccc3nc(-c4[c-]cccc4)n(c23)C1.Cc1ccc2c(n1)oc1c(-c3cc(C4CCCC4)ccn3)[c-]ccc12.[Ir]. The summed E-state index contributed by atoms with van der Waals surface area (Å²) in [6.45, 7) is 7.40. The number of allylic oxidation sites excluding steroid dienone is 1. The van der Waals surface area contributed by atoms with E-state index in [1.54, 1.807) is 0 Å². The third kappa shape index (κ3) is 5.86. The van der Waals surface area contributed by atoms with E-state index in [2.05, 4.69) is 89.1 Å². The van der Waals surface area contributed by atoms with Gasteiger partial charge >= 0.3 is 0 Å². The Morgan fingerprint density at radius 2 is 1.77 bits per heavy atom. The fourth-order valence-electron chi connectivity index (χ4n) is 7.00. The van der Waals surface area contributed by atoms with E-state index in [9.17, 15) is 0 Å². The van der Waals surface area contributed by atoms with Crippen molar-refractivity contribution in [1.82, 2.24) is 19.5 Å². The number of furan rings is 1. The number of aromatic nitrogens is 4. The minimum Gasteiger partial charge on any atom is -0.486 e. The monoisotopic (exact) mass is 793 g/mol. The zero-order valence-electron chi connectivity index (χ0n) is 26.9. The first-order chi connectivity index (χ1) is 22.5. The van der Waals surface area contributed by atoms with Gasteiger partial charge in [0.15, 0.2) is 0 Å². The largest absolute Gasteiger partial charge is 0.486 e. The van der Waals surface area contributed by atoms with Crippen molar-refractivity contribution in [2.45, 2.75) is 58.9 Å². The molecule has 1 fully saturated rings. The summed E-state index contributed by atoms with van der Waals surface area (Å²) in [6, 6.07) is 33.5. The van der Waals surface area contributed by atoms with Gasteiger partial charge in [0.25, 0.3) is 0 Å². The van der Waals surface area contributed by atoms with E-state index >= 15 is 0 Å². The second-order valence-corrected chi connectivity index (χ2v) is 12.8. The number of nitrogens with zero attached hydrogens (tertiary/aromatic N) is 4. The number of hydrogen-bond acceptors (Lipinski definition) is 4. The van der Waals surface area contributed by atoms with E-state index in [1.807, 2.05) is 49.5 Å². The average Bonchev–Trinajstić information content (AvgIpc) is 3.84. The van der Waals surface area contributed by atoms with Crippen LogP contribution in [0.5, 0.6) is 0 Å². The molecule has 237 valence electrons. The van der Waals surface area contributed by atoms with E-state index in [0.717, 1.165) is 56.8 Å². The van der Waals surface area contributed by atoms with Crippen molar-refractivity contribution in [3.63, 3.8) is 0 Å². The third-order valence-electron chi connectivity index (χ3n) is 9.48. The van der Waals surface area contributed by atoms with Gasteiger partial charge in [0.05, 0.1) is 22.4 Å². The van der Waals surface area contributed by atoms with Gasteiger partial charge < -0.3 is 14.0 Å². The smallest absolute Gasteiger partial charge is 0.216 e. The second-order valence-electron chi connectivity index (χ2n) is 12.8. The van der Waals surface area contributed by atoms with Gasteiger partial charge in [-0.2, -0.15) is 0 Å². The Hall–Kier alpha value is -4.38. The van der Waals surface area contributed by atoms with Crippen molar-refractivity contribution in [1.29, 1.82) is 0 Å². The van der Waals surface area contributed by atoms with Gasteiger partial charge in [0.2, 0.25) is 5.71 Å². The van der Waals surface area contributed by atoms with Crippen LogP contribution in [0.25, 0.3) is 61.8 Å². The van der Waals surface area contributed by atoms with Crippen molar-refractivity contribution >= 4 is 39.2 Å². The summed E-state index contributed by atoms with van der Waals surface area (Å²) in [5.74, 6) is 2.23. The predicted molar refractivity (Wildman–Crippen MR) is 186 cm³/mol. The van der Waals surface area contributed by atoms with Crippen LogP contribution in [-0.2, 0) is 26.7 Å². The van der Waals surface area contributed by atoms with Crippen LogP contribution in [0.15, 0.2) is 95.0 Å². The molecule has 2 aliphatic rings. The number of hydrogen-bond donors (Lipinski definition) is 0. The zero-order chi connectivity index (χ0) is 31.2. The molecular formula is C41H36IrN4O-2. The topological polar surface area (TPSA) is 56.7 Å². The van der Waals surface area contributed by atoms with Crippen LogP contribution < -0.4 is 0 Å². The normalized spacial score (nSPS) is 14.3. The number of fused-ring (bicyclic) bond motifs is 3. The molecule has 0 N–H and O–H groups in total. The molecule has 0 spiro atoms. The van der Waals surface area contributed by atoms with Crippen LogP contribution in [0.3, 0.4) is 0 Å². The summed E-state index contributed by atoms with van der Waals surface area (Å²) < 4.78 is 8.44. The van der Waals surface area contributed by atoms with Crippen molar-refractivity contribution in [2.75, 3.05) is 0 Å². The van der Waals surface area contributed by atoms with Gasteiger partial charge in [0.1, 0.15) is 0 Å². The van der Waals surface area contributed by atoms with Crippen LogP contribution in [0.2, 0.25) is 0 Å². The molecule has 6 heteroatoms. The number of pyridine rings is 2. The molecule has 5 heterocycles. The average molecular weight is 793 g/mol. The maximum Gasteiger partial charge on any atom is 0.216 e. The summed E-state index contributed by atoms with van der Waals surface area (Å²) in [4.78, 5) is 14.0. The van der Waals surface area contributed by atoms with Crippen molar-refractivity contribution in [3.8, 4) is 22.6 Å². The molecule has 0 atom stereocenters. The molecule has 4 aromatic heterocycles. The molecule has 0 saturated heterocycles. The van der Waals surface area contributed by atoms with E-state index in [0.29, 0.717) is 17.5 Å². The van der Waals surface area contributed by atoms with Gasteiger partial charge in [-0.3, -0.25) is 4.98 Å². The molecule has 0 amide bonds. The molecule has 9 rings (SSSR count). The van der Waals surface area contributed by atoms with Crippen molar-refractivity contribution in [3.05, 3.63) is 120 Å². The molecular weight excluding hydrogens is 757 g/mol. The molecule has 0 unspecified atom stereocenters. The second kappa shape index (κ2) is 13.0. The Bertz CT molecular complexity index is 2240. The molecule has 3 aromatic carbocycles. The van der Waals surface area contributed by atoms with Crippen molar-refractivity contribution in [2.24, 2.45) is 5.92 Å². The summed E-state index contributed by atoms with van der Waals surface area (Å²) >= 11 is 0. The maximum atomic E-state index is 6.10. The van der Waals surface area contributed by atoms with Crippen LogP contribution in [0.4, 0.5) is 0 Å². The van der Waals surface area contributed by atoms with Gasteiger partial charge in [-0.15, -0.1) is 54.1 Å². The number of aryl methyl sites for hydroxylation is 1. The molecule has 0 bridgehead atoms. The van der Waals surface area contributed by atoms with Gasteiger partial charge in [0, 0.05) is 43.9 Å². The molecule has 1 aliphatic heterocycles. The third-order valence-corrected chi connectivity index (χ3v) is 9.48. The number of imidazole rings is 1. The van der Waals surface area contributed by atoms with E-state index in [4.69, 9.17) is 9.40 Å². The summed E-state index contributed by atoms with van der Waals surface area (Å²) in [6.07, 6.45) is 9.47. The molecule has 1 aliphatic carbocycles. The van der Waals surface area contributed by atoms with Crippen LogP contribution >= 0.6 is 0 Å². The standard InChI is InChI=1S/C22H19N2O.C19H17N2.Ir/c1-14-9-10-18-17-7-4-8-19(21(17)25-22(18)24-14)20-13-16(11-12-23-20)15-5-2-3-6-15;1-13(2)16-11-15-9-6-10-17-18(15)21(12-16)19(20-17)14-7-4-3-5-8-14;/h4,7,9-13,15H,2-3,5-6H2,1H3;3-7,9-11,13H,12H2,1-2H3;/q2*-1;. The molecule has 1 saturated carbocycles. The number of para-hydroxylation sites is 1. The van der Waals surface area contributed by atoms with Crippen molar-refractivity contribution < 1.29 is 24.5 Å². The van der Waals surface area contributed by atoms with Gasteiger partial charge in [-0.25, -0.2) is 4.98 Å². The first-order valence-electron chi connectivity index (χ1n) is 16.4. The van der Waals surface area contributed by atoms with E-state index in [-0.39, 0.29) is 20.1 Å². The van der Waals surface area contributed by atoms with E-state index in [1.165, 1.54) is 47.9 Å². The molecule has 5 nitrogen and oxygen atoms in total. The fraction of sp³-hybridized carbons (Fsp3) is 0.244. The first-order valence-corrected chi connectivity index (χ1v) is 16.4. The summed E-state index contributed by atoms with van der Waals surface area (Å²) in [5, 5.41) is 2.12. The minimum absolute atomic E-state index is 0. The minimum atomic E-state index is 0. The first kappa shape index (κ1) is 31.2. The predicted octanol–water partition coefficient (Wildman–Crippen LogP) is 10.4. The Morgan fingerprint density at radius 1 is 0.894 bits per heavy atom. The van der Waals surface area contributed by atoms with Gasteiger partial charge in [-0.1, -0.05) is 67.5 Å². The Labute approximate surface area is 289 Å². The maximum absolute atomic E-state index is 6.10. The molecule has 47 heavy (non-hydrogen) atoms. The Morgan fingerprint density at radius 3 is 2.57 bits per heavy atom. The quantitative estimate of drug-likeness (QED) is 0.167. The van der Waals surface area contributed by atoms with Crippen LogP contribution in [0.1, 0.15) is 62.3 Å². The molecule has 1 radical (unpaired) electrons. The Balaban J connectivity index is 0.000000148.